The molecule has 4 rings (SSSR count). The van der Waals surface area contributed by atoms with Crippen LogP contribution in [0.3, 0.4) is 0 Å². The Morgan fingerprint density at radius 3 is 2.41 bits per heavy atom. The summed E-state index contributed by atoms with van der Waals surface area (Å²) >= 11 is 1.32. The van der Waals surface area contributed by atoms with Crippen LogP contribution in [0.15, 0.2) is 77.0 Å². The Morgan fingerprint density at radius 2 is 1.78 bits per heavy atom. The number of pyridine rings is 2. The Balaban J connectivity index is 1.44. The fraction of sp³-hybridized carbons (Fsp3) is 0.0952. The Kier molecular flexibility index (Phi) is 5.70. The number of fused-ring (bicyclic) bond motifs is 1. The second-order valence-electron chi connectivity index (χ2n) is 6.74. The van der Waals surface area contributed by atoms with Crippen LogP contribution in [-0.4, -0.2) is 24.3 Å². The number of hydrogen-bond acceptors (Lipinski definition) is 6. The zero-order valence-corrected chi connectivity index (χ0v) is 17.8. The van der Waals surface area contributed by atoms with Crippen molar-refractivity contribution in [1.82, 2.24) is 15.3 Å². The molecular weight excluding hydrogens is 463 g/mol. The van der Waals surface area contributed by atoms with Crippen molar-refractivity contribution in [3.63, 3.8) is 0 Å². The molecule has 0 radical (unpaired) electrons. The van der Waals surface area contributed by atoms with Crippen molar-refractivity contribution >= 4 is 37.2 Å². The van der Waals surface area contributed by atoms with E-state index in [1.807, 2.05) is 6.07 Å². The minimum atomic E-state index is -4.60. The maximum Gasteiger partial charge on any atom is 0.417 e. The summed E-state index contributed by atoms with van der Waals surface area (Å²) in [6, 6.07) is 10.8. The molecule has 11 heteroatoms. The fourth-order valence-corrected chi connectivity index (χ4v) is 5.00. The monoisotopic (exact) mass is 477 g/mol. The number of nitrogens with one attached hydrogen (secondary N) is 1. The number of sulfone groups is 1. The third-order valence-electron chi connectivity index (χ3n) is 4.57. The molecule has 32 heavy (non-hydrogen) atoms. The average molecular weight is 477 g/mol. The number of benzene rings is 1. The van der Waals surface area contributed by atoms with Gasteiger partial charge in [-0.15, -0.1) is 11.3 Å². The van der Waals surface area contributed by atoms with Gasteiger partial charge in [-0.3, -0.25) is 9.78 Å². The van der Waals surface area contributed by atoms with Crippen LogP contribution in [0.5, 0.6) is 0 Å². The van der Waals surface area contributed by atoms with Gasteiger partial charge >= 0.3 is 6.18 Å². The number of alkyl halides is 3. The van der Waals surface area contributed by atoms with Gasteiger partial charge in [0.15, 0.2) is 5.03 Å². The van der Waals surface area contributed by atoms with E-state index in [1.165, 1.54) is 35.6 Å². The van der Waals surface area contributed by atoms with Gasteiger partial charge in [-0.25, -0.2) is 13.4 Å². The molecule has 0 saturated heterocycles. The van der Waals surface area contributed by atoms with Gasteiger partial charge in [0.25, 0.3) is 5.91 Å². The maximum absolute atomic E-state index is 12.7. The van der Waals surface area contributed by atoms with Gasteiger partial charge in [-0.2, -0.15) is 13.2 Å². The van der Waals surface area contributed by atoms with E-state index in [0.29, 0.717) is 22.7 Å². The molecule has 4 aromatic rings. The highest BCUT2D eigenvalue weighted by Crippen LogP contribution is 2.30. The molecule has 1 aromatic carbocycles. The van der Waals surface area contributed by atoms with Crippen LogP contribution in [0, 0.1) is 0 Å². The number of halogens is 3. The topological polar surface area (TPSA) is 89.0 Å². The quantitative estimate of drug-likeness (QED) is 0.458. The van der Waals surface area contributed by atoms with Crippen LogP contribution >= 0.6 is 11.3 Å². The molecule has 0 spiro atoms. The Hall–Kier alpha value is -3.31. The van der Waals surface area contributed by atoms with Gasteiger partial charge in [0, 0.05) is 25.1 Å². The average Bonchev–Trinajstić information content (AvgIpc) is 3.22. The Bertz CT molecular complexity index is 1350. The lowest BCUT2D eigenvalue weighted by atomic mass is 10.2. The van der Waals surface area contributed by atoms with E-state index in [9.17, 15) is 26.4 Å². The number of amides is 1. The summed E-state index contributed by atoms with van der Waals surface area (Å²) in [5.41, 5.74) is -0.377. The number of nitrogens with zero attached hydrogens (tertiary/aromatic N) is 2. The summed E-state index contributed by atoms with van der Waals surface area (Å²) in [7, 11) is -4.08. The Morgan fingerprint density at radius 1 is 1.03 bits per heavy atom. The zero-order valence-electron chi connectivity index (χ0n) is 16.1. The van der Waals surface area contributed by atoms with Crippen molar-refractivity contribution in [1.29, 1.82) is 0 Å². The second kappa shape index (κ2) is 8.32. The van der Waals surface area contributed by atoms with Crippen molar-refractivity contribution in [3.8, 4) is 0 Å². The number of carbonyl (C=O) groups is 1. The van der Waals surface area contributed by atoms with E-state index in [2.05, 4.69) is 15.3 Å². The van der Waals surface area contributed by atoms with Gasteiger partial charge in [0.2, 0.25) is 9.84 Å². The third kappa shape index (κ3) is 4.48. The molecule has 0 atom stereocenters. The minimum absolute atomic E-state index is 0.114. The minimum Gasteiger partial charge on any atom is -0.347 e. The van der Waals surface area contributed by atoms with Gasteiger partial charge in [0.1, 0.15) is 0 Å². The molecule has 0 unspecified atom stereocenters. The van der Waals surface area contributed by atoms with Crippen LogP contribution in [0.25, 0.3) is 10.1 Å². The second-order valence-corrected chi connectivity index (χ2v) is 9.72. The third-order valence-corrected chi connectivity index (χ3v) is 7.34. The number of hydrogen-bond donors (Lipinski definition) is 1. The molecule has 1 N–H and O–H groups in total. The van der Waals surface area contributed by atoms with Crippen LogP contribution in [0.2, 0.25) is 0 Å². The standard InChI is InChI=1S/C21H14F3N3O3S2/c22-21(23,24)15-3-6-19(26-11-15)32(29,30)16-4-1-13(2-5-16)10-27-20(28)17-9-14-7-8-25-12-18(14)31-17/h1-9,11-12H,10H2,(H,27,28). The highest BCUT2D eigenvalue weighted by molar-refractivity contribution is 7.91. The number of aromatic nitrogens is 2. The van der Waals surface area contributed by atoms with Crippen LogP contribution in [-0.2, 0) is 22.6 Å². The van der Waals surface area contributed by atoms with Crippen LogP contribution < -0.4 is 5.32 Å². The lowest BCUT2D eigenvalue weighted by molar-refractivity contribution is -0.137. The SMILES string of the molecule is O=C(NCc1ccc(S(=O)(=O)c2ccc(C(F)(F)F)cn2)cc1)c1cc2ccncc2s1. The van der Waals surface area contributed by atoms with E-state index in [-0.39, 0.29) is 17.3 Å². The van der Waals surface area contributed by atoms with E-state index >= 15 is 0 Å². The molecule has 0 aliphatic carbocycles. The molecule has 0 bridgehead atoms. The first-order valence-electron chi connectivity index (χ1n) is 9.13. The van der Waals surface area contributed by atoms with E-state index in [1.54, 1.807) is 18.5 Å². The first kappa shape index (κ1) is 21.9. The largest absolute Gasteiger partial charge is 0.417 e. The summed E-state index contributed by atoms with van der Waals surface area (Å²) in [6.07, 6.45) is -0.789. The van der Waals surface area contributed by atoms with Crippen molar-refractivity contribution < 1.29 is 26.4 Å². The van der Waals surface area contributed by atoms with Gasteiger partial charge < -0.3 is 5.32 Å². The fourth-order valence-electron chi connectivity index (χ4n) is 2.88. The first-order valence-corrected chi connectivity index (χ1v) is 11.4. The summed E-state index contributed by atoms with van der Waals surface area (Å²) in [4.78, 5) is 20.3. The molecule has 164 valence electrons. The molecular formula is C21H14F3N3O3S2. The van der Waals surface area contributed by atoms with Gasteiger partial charge in [-0.1, -0.05) is 12.1 Å². The number of carbonyl (C=O) groups excluding carboxylic acids is 1. The molecule has 0 saturated carbocycles. The van der Waals surface area contributed by atoms with E-state index in [0.717, 1.165) is 16.2 Å². The predicted octanol–water partition coefficient (Wildman–Crippen LogP) is 4.47. The van der Waals surface area contributed by atoms with Crippen molar-refractivity contribution in [2.24, 2.45) is 0 Å². The summed E-state index contributed by atoms with van der Waals surface area (Å²) in [6.45, 7) is 0.171. The van der Waals surface area contributed by atoms with Crippen LogP contribution in [0.4, 0.5) is 13.2 Å². The molecule has 1 amide bonds. The van der Waals surface area contributed by atoms with Crippen molar-refractivity contribution in [2.45, 2.75) is 22.6 Å². The van der Waals surface area contributed by atoms with E-state index in [4.69, 9.17) is 0 Å². The van der Waals surface area contributed by atoms with Crippen molar-refractivity contribution in [3.05, 3.63) is 83.1 Å². The normalized spacial score (nSPS) is 12.1. The van der Waals surface area contributed by atoms with Crippen LogP contribution in [0.1, 0.15) is 20.8 Å². The number of thiophene rings is 1. The van der Waals surface area contributed by atoms with Crippen molar-refractivity contribution in [2.75, 3.05) is 0 Å². The number of rotatable bonds is 5. The summed E-state index contributed by atoms with van der Waals surface area (Å²) in [5.74, 6) is -0.267. The first-order chi connectivity index (χ1) is 15.1. The smallest absolute Gasteiger partial charge is 0.347 e. The molecule has 0 aliphatic heterocycles. The predicted molar refractivity (Wildman–Crippen MR) is 112 cm³/mol. The summed E-state index contributed by atoms with van der Waals surface area (Å²) < 4.78 is 64.1. The lowest BCUT2D eigenvalue weighted by Crippen LogP contribution is -2.21. The Labute approximate surface area is 184 Å². The highest BCUT2D eigenvalue weighted by Gasteiger charge is 2.31. The highest BCUT2D eigenvalue weighted by atomic mass is 32.2. The molecule has 3 heterocycles. The lowest BCUT2D eigenvalue weighted by Gasteiger charge is -2.09. The zero-order chi connectivity index (χ0) is 22.9. The van der Waals surface area contributed by atoms with Gasteiger partial charge in [-0.05, 0) is 47.3 Å². The molecule has 0 aliphatic rings. The molecule has 6 nitrogen and oxygen atoms in total. The van der Waals surface area contributed by atoms with E-state index < -0.39 is 26.6 Å². The molecule has 0 fully saturated rings. The maximum atomic E-state index is 12.7. The molecule has 3 aromatic heterocycles. The summed E-state index contributed by atoms with van der Waals surface area (Å²) in [5, 5.41) is 3.21. The van der Waals surface area contributed by atoms with Gasteiger partial charge in [0.05, 0.1) is 20.0 Å².